The third-order valence-electron chi connectivity index (χ3n) is 4.72. The van der Waals surface area contributed by atoms with Gasteiger partial charge in [0.1, 0.15) is 6.54 Å². The van der Waals surface area contributed by atoms with Crippen molar-refractivity contribution in [2.75, 3.05) is 24.7 Å². The van der Waals surface area contributed by atoms with E-state index in [-0.39, 0.29) is 23.5 Å². The Balaban J connectivity index is 1.75. The summed E-state index contributed by atoms with van der Waals surface area (Å²) in [5, 5.41) is 5.04. The predicted octanol–water partition coefficient (Wildman–Crippen LogP) is 0.951. The second kappa shape index (κ2) is 8.52. The van der Waals surface area contributed by atoms with Gasteiger partial charge in [-0.05, 0) is 36.5 Å². The monoisotopic (exact) mass is 424 g/mol. The summed E-state index contributed by atoms with van der Waals surface area (Å²) in [4.78, 5) is 35.8. The molecule has 1 fully saturated rings. The lowest BCUT2D eigenvalue weighted by Gasteiger charge is -2.23. The van der Waals surface area contributed by atoms with Crippen molar-refractivity contribution in [3.05, 3.63) is 35.4 Å². The summed E-state index contributed by atoms with van der Waals surface area (Å²) in [6.45, 7) is 6.94. The zero-order valence-electron chi connectivity index (χ0n) is 17.2. The fourth-order valence-electron chi connectivity index (χ4n) is 3.05. The summed E-state index contributed by atoms with van der Waals surface area (Å²) in [5.74, 6) is -1.88. The minimum atomic E-state index is -3.16. The van der Waals surface area contributed by atoms with Gasteiger partial charge in [0.15, 0.2) is 16.4 Å². The number of sulfone groups is 1. The molecule has 0 saturated carbocycles. The fraction of sp³-hybridized carbons (Fsp3) is 0.550. The minimum Gasteiger partial charge on any atom is -0.454 e. The molecule has 2 rings (SSSR count). The molecule has 1 aliphatic heterocycles. The van der Waals surface area contributed by atoms with Crippen LogP contribution in [0.4, 0.5) is 0 Å². The van der Waals surface area contributed by atoms with Gasteiger partial charge in [-0.1, -0.05) is 32.9 Å². The van der Waals surface area contributed by atoms with E-state index < -0.39 is 39.8 Å². The molecule has 0 spiro atoms. The summed E-state index contributed by atoms with van der Waals surface area (Å²) in [5.41, 5.74) is 0.622. The molecule has 0 unspecified atom stereocenters. The van der Waals surface area contributed by atoms with E-state index >= 15 is 0 Å². The van der Waals surface area contributed by atoms with Crippen LogP contribution in [-0.4, -0.2) is 56.4 Å². The van der Waals surface area contributed by atoms with Crippen molar-refractivity contribution < 1.29 is 27.5 Å². The molecular formula is C20H28N2O6S. The van der Waals surface area contributed by atoms with Crippen LogP contribution in [0.5, 0.6) is 0 Å². The van der Waals surface area contributed by atoms with Gasteiger partial charge in [0.25, 0.3) is 11.8 Å². The van der Waals surface area contributed by atoms with E-state index in [1.165, 1.54) is 0 Å². The van der Waals surface area contributed by atoms with Crippen LogP contribution in [0.3, 0.4) is 0 Å². The molecule has 29 heavy (non-hydrogen) atoms. The first kappa shape index (κ1) is 22.9. The molecule has 2 N–H and O–H groups in total. The van der Waals surface area contributed by atoms with Gasteiger partial charge in [0.2, 0.25) is 0 Å². The Morgan fingerprint density at radius 1 is 1.14 bits per heavy atom. The lowest BCUT2D eigenvalue weighted by atomic mass is 9.87. The Kier molecular flexibility index (Phi) is 6.72. The summed E-state index contributed by atoms with van der Waals surface area (Å²) < 4.78 is 27.9. The van der Waals surface area contributed by atoms with Crippen LogP contribution >= 0.6 is 0 Å². The van der Waals surface area contributed by atoms with E-state index in [1.807, 2.05) is 12.1 Å². The molecule has 1 aromatic rings. The Morgan fingerprint density at radius 3 is 2.28 bits per heavy atom. The summed E-state index contributed by atoms with van der Waals surface area (Å²) in [6.07, 6.45) is 0.319. The second-order valence-corrected chi connectivity index (χ2v) is 10.8. The topological polar surface area (TPSA) is 119 Å². The molecule has 160 valence electrons. The van der Waals surface area contributed by atoms with Crippen molar-refractivity contribution in [1.82, 2.24) is 10.6 Å². The van der Waals surface area contributed by atoms with E-state index in [0.717, 1.165) is 5.56 Å². The van der Waals surface area contributed by atoms with Gasteiger partial charge in [-0.25, -0.2) is 8.42 Å². The molecule has 0 aromatic heterocycles. The smallest absolute Gasteiger partial charge is 0.325 e. The first-order valence-electron chi connectivity index (χ1n) is 9.35. The summed E-state index contributed by atoms with van der Waals surface area (Å²) in [6, 6.07) is 7.10. The number of carbonyl (C=O) groups is 3. The van der Waals surface area contributed by atoms with Crippen LogP contribution in [0, 0.1) is 0 Å². The first-order valence-corrected chi connectivity index (χ1v) is 11.2. The molecule has 0 radical (unpaired) electrons. The fourth-order valence-corrected chi connectivity index (χ4v) is 5.15. The van der Waals surface area contributed by atoms with Crippen LogP contribution in [0.15, 0.2) is 24.3 Å². The van der Waals surface area contributed by atoms with Crippen molar-refractivity contribution in [3.8, 4) is 0 Å². The number of ether oxygens (including phenoxy) is 1. The highest BCUT2D eigenvalue weighted by Gasteiger charge is 2.39. The Morgan fingerprint density at radius 2 is 1.76 bits per heavy atom. The van der Waals surface area contributed by atoms with Gasteiger partial charge in [-0.15, -0.1) is 0 Å². The SMILES string of the molecule is CC(C)(C)c1ccc(C(=O)NCC(=O)OCC(=O)N[C@]2(C)CCS(=O)(=O)C2)cc1. The second-order valence-electron chi connectivity index (χ2n) is 8.62. The molecule has 0 aliphatic carbocycles. The Bertz CT molecular complexity index is 887. The number of hydrogen-bond acceptors (Lipinski definition) is 6. The first-order chi connectivity index (χ1) is 13.3. The van der Waals surface area contributed by atoms with Crippen LogP contribution in [0.2, 0.25) is 0 Å². The van der Waals surface area contributed by atoms with Crippen molar-refractivity contribution in [3.63, 3.8) is 0 Å². The molecule has 1 saturated heterocycles. The lowest BCUT2D eigenvalue weighted by molar-refractivity contribution is -0.147. The third-order valence-corrected chi connectivity index (χ3v) is 6.62. The highest BCUT2D eigenvalue weighted by atomic mass is 32.2. The maximum absolute atomic E-state index is 12.1. The quantitative estimate of drug-likeness (QED) is 0.657. The average molecular weight is 425 g/mol. The number of esters is 1. The largest absolute Gasteiger partial charge is 0.454 e. The standard InChI is InChI=1S/C20H28N2O6S/c1-19(2,3)15-7-5-14(6-8-15)18(25)21-11-17(24)28-12-16(23)22-20(4)9-10-29(26,27)13-20/h5-8H,9-13H2,1-4H3,(H,21,25)(H,22,23)/t20-/m1/s1. The van der Waals surface area contributed by atoms with E-state index in [1.54, 1.807) is 19.1 Å². The molecule has 1 atom stereocenters. The average Bonchev–Trinajstić information content (AvgIpc) is 2.89. The summed E-state index contributed by atoms with van der Waals surface area (Å²) >= 11 is 0. The maximum atomic E-state index is 12.1. The Labute approximate surface area is 171 Å². The number of hydrogen-bond donors (Lipinski definition) is 2. The van der Waals surface area contributed by atoms with E-state index in [4.69, 9.17) is 4.74 Å². The van der Waals surface area contributed by atoms with E-state index in [9.17, 15) is 22.8 Å². The number of carbonyl (C=O) groups excluding carboxylic acids is 3. The predicted molar refractivity (Wildman–Crippen MR) is 108 cm³/mol. The van der Waals surface area contributed by atoms with Gasteiger partial charge in [-0.3, -0.25) is 14.4 Å². The third kappa shape index (κ3) is 6.85. The van der Waals surface area contributed by atoms with Gasteiger partial charge < -0.3 is 15.4 Å². The van der Waals surface area contributed by atoms with Gasteiger partial charge >= 0.3 is 5.97 Å². The molecule has 8 nitrogen and oxygen atoms in total. The maximum Gasteiger partial charge on any atom is 0.325 e. The molecule has 1 aliphatic rings. The molecule has 2 amide bonds. The minimum absolute atomic E-state index is 0.0202. The van der Waals surface area contributed by atoms with Crippen molar-refractivity contribution in [2.45, 2.75) is 45.1 Å². The van der Waals surface area contributed by atoms with Crippen LogP contribution in [0.1, 0.15) is 50.0 Å². The highest BCUT2D eigenvalue weighted by molar-refractivity contribution is 7.91. The highest BCUT2D eigenvalue weighted by Crippen LogP contribution is 2.23. The number of benzene rings is 1. The van der Waals surface area contributed by atoms with Gasteiger partial charge in [0, 0.05) is 5.56 Å². The molecule has 1 heterocycles. The lowest BCUT2D eigenvalue weighted by Crippen LogP contribution is -2.48. The van der Waals surface area contributed by atoms with E-state index in [0.29, 0.717) is 12.0 Å². The number of rotatable bonds is 6. The van der Waals surface area contributed by atoms with Crippen molar-refractivity contribution >= 4 is 27.6 Å². The number of amides is 2. The zero-order chi connectivity index (χ0) is 21.9. The van der Waals surface area contributed by atoms with Crippen LogP contribution in [-0.2, 0) is 29.6 Å². The van der Waals surface area contributed by atoms with Gasteiger partial charge in [0.05, 0.1) is 17.0 Å². The van der Waals surface area contributed by atoms with Crippen molar-refractivity contribution in [2.24, 2.45) is 0 Å². The summed E-state index contributed by atoms with van der Waals surface area (Å²) in [7, 11) is -3.16. The van der Waals surface area contributed by atoms with Crippen molar-refractivity contribution in [1.29, 1.82) is 0 Å². The molecule has 9 heteroatoms. The number of nitrogens with one attached hydrogen (secondary N) is 2. The molecule has 1 aromatic carbocycles. The van der Waals surface area contributed by atoms with Gasteiger partial charge in [-0.2, -0.15) is 0 Å². The van der Waals surface area contributed by atoms with Crippen LogP contribution in [0.25, 0.3) is 0 Å². The Hall–Kier alpha value is -2.42. The normalized spacial score (nSPS) is 20.7. The van der Waals surface area contributed by atoms with Crippen LogP contribution < -0.4 is 10.6 Å². The zero-order valence-corrected chi connectivity index (χ0v) is 18.0. The molecular weight excluding hydrogens is 396 g/mol. The van der Waals surface area contributed by atoms with E-state index in [2.05, 4.69) is 31.4 Å². The molecule has 0 bridgehead atoms.